The summed E-state index contributed by atoms with van der Waals surface area (Å²) in [5.41, 5.74) is -0.406. The normalized spacial score (nSPS) is 12.3. The fraction of sp³-hybridized carbons (Fsp3) is 0.300. The number of hydrogen-bond donors (Lipinski definition) is 1. The molecule has 0 bridgehead atoms. The molecule has 5 nitrogen and oxygen atoms in total. The Labute approximate surface area is 168 Å². The lowest BCUT2D eigenvalue weighted by molar-refractivity contribution is -0.139. The lowest BCUT2D eigenvalue weighted by Gasteiger charge is -2.29. The van der Waals surface area contributed by atoms with Gasteiger partial charge in [-0.25, -0.2) is 22.8 Å². The second kappa shape index (κ2) is 9.10. The number of alkyl carbamates (subject to hydrolysis) is 1. The van der Waals surface area contributed by atoms with E-state index in [1.54, 1.807) is 30.3 Å². The van der Waals surface area contributed by atoms with Crippen molar-refractivity contribution in [2.45, 2.75) is 33.4 Å². The van der Waals surface area contributed by atoms with E-state index in [0.29, 0.717) is 5.56 Å². The summed E-state index contributed by atoms with van der Waals surface area (Å²) in [7, 11) is 0. The molecule has 1 N–H and O–H groups in total. The average Bonchev–Trinajstić information content (AvgIpc) is 2.70. The van der Waals surface area contributed by atoms with Gasteiger partial charge in [-0.1, -0.05) is 51.1 Å². The van der Waals surface area contributed by atoms with Crippen LogP contribution in [0.4, 0.5) is 26.7 Å². The number of rotatable bonds is 5. The summed E-state index contributed by atoms with van der Waals surface area (Å²) in [5.74, 6) is -14.7. The fourth-order valence-electron chi connectivity index (χ4n) is 2.35. The average molecular weight is 431 g/mol. The molecule has 0 spiro atoms. The first-order valence-corrected chi connectivity index (χ1v) is 8.63. The molecule has 2 aromatic rings. The van der Waals surface area contributed by atoms with E-state index >= 15 is 0 Å². The van der Waals surface area contributed by atoms with Crippen LogP contribution in [-0.4, -0.2) is 18.1 Å². The molecule has 0 aliphatic heterocycles. The maximum Gasteiger partial charge on any atom is 0.408 e. The van der Waals surface area contributed by atoms with Gasteiger partial charge >= 0.3 is 12.1 Å². The van der Waals surface area contributed by atoms with Crippen LogP contribution in [0.3, 0.4) is 0 Å². The number of halogens is 5. The summed E-state index contributed by atoms with van der Waals surface area (Å²) >= 11 is 0. The van der Waals surface area contributed by atoms with Crippen molar-refractivity contribution < 1.29 is 41.0 Å². The molecule has 0 heterocycles. The first-order valence-electron chi connectivity index (χ1n) is 8.63. The molecule has 0 aliphatic rings. The van der Waals surface area contributed by atoms with E-state index in [1.807, 2.05) is 0 Å². The molecular weight excluding hydrogens is 413 g/mol. The molecule has 0 radical (unpaired) electrons. The molecule has 2 rings (SSSR count). The van der Waals surface area contributed by atoms with Crippen molar-refractivity contribution >= 4 is 12.1 Å². The number of nitrogens with one attached hydrogen (secondary N) is 1. The van der Waals surface area contributed by atoms with Gasteiger partial charge in [0.05, 0.1) is 0 Å². The van der Waals surface area contributed by atoms with Gasteiger partial charge in [0, 0.05) is 0 Å². The number of ether oxygens (including phenoxy) is 2. The number of hydrogen-bond acceptors (Lipinski definition) is 4. The van der Waals surface area contributed by atoms with Crippen molar-refractivity contribution in [2.24, 2.45) is 5.41 Å². The van der Waals surface area contributed by atoms with Crippen LogP contribution in [0.5, 0.6) is 5.75 Å². The summed E-state index contributed by atoms with van der Waals surface area (Å²) in [5, 5.41) is 2.18. The first-order chi connectivity index (χ1) is 13.9. The Kier molecular flexibility index (Phi) is 7.01. The van der Waals surface area contributed by atoms with E-state index < -0.39 is 58.4 Å². The van der Waals surface area contributed by atoms with E-state index in [9.17, 15) is 31.5 Å². The van der Waals surface area contributed by atoms with Gasteiger partial charge < -0.3 is 14.8 Å². The monoisotopic (exact) mass is 431 g/mol. The third kappa shape index (κ3) is 5.25. The standard InChI is InChI=1S/C20H18F5NO4/c1-20(2,3)17(26-19(28)29-9-10-7-5-4-6-8-10)18(27)30-16-14(24)12(22)11(21)13(23)15(16)25/h4-8,17H,9H2,1-3H3,(H,26,28)/t17-/m1/s1. The van der Waals surface area contributed by atoms with Crippen LogP contribution in [-0.2, 0) is 16.1 Å². The Bertz CT molecular complexity index is 915. The highest BCUT2D eigenvalue weighted by molar-refractivity contribution is 5.83. The molecule has 0 fully saturated rings. The van der Waals surface area contributed by atoms with Crippen LogP contribution in [0.15, 0.2) is 30.3 Å². The molecule has 0 saturated heterocycles. The van der Waals surface area contributed by atoms with Crippen LogP contribution in [0.25, 0.3) is 0 Å². The maximum absolute atomic E-state index is 13.8. The predicted molar refractivity (Wildman–Crippen MR) is 94.9 cm³/mol. The van der Waals surface area contributed by atoms with Crippen molar-refractivity contribution in [1.29, 1.82) is 0 Å². The van der Waals surface area contributed by atoms with Crippen molar-refractivity contribution in [3.8, 4) is 5.75 Å². The lowest BCUT2D eigenvalue weighted by Crippen LogP contribution is -2.51. The largest absolute Gasteiger partial charge is 0.445 e. The number of esters is 1. The number of carbonyl (C=O) groups is 2. The van der Waals surface area contributed by atoms with Gasteiger partial charge in [-0.05, 0) is 11.0 Å². The molecular formula is C20H18F5NO4. The molecule has 30 heavy (non-hydrogen) atoms. The van der Waals surface area contributed by atoms with Crippen LogP contribution in [0.1, 0.15) is 26.3 Å². The van der Waals surface area contributed by atoms with Gasteiger partial charge in [-0.15, -0.1) is 0 Å². The van der Waals surface area contributed by atoms with Gasteiger partial charge in [0.25, 0.3) is 0 Å². The topological polar surface area (TPSA) is 64.6 Å². The molecule has 10 heteroatoms. The highest BCUT2D eigenvalue weighted by atomic mass is 19.2. The minimum Gasteiger partial charge on any atom is -0.445 e. The highest BCUT2D eigenvalue weighted by Crippen LogP contribution is 2.30. The summed E-state index contributed by atoms with van der Waals surface area (Å²) in [6.45, 7) is 4.31. The maximum atomic E-state index is 13.8. The second-order valence-electron chi connectivity index (χ2n) is 7.33. The Morgan fingerprint density at radius 2 is 1.40 bits per heavy atom. The van der Waals surface area contributed by atoms with E-state index in [0.717, 1.165) is 0 Å². The van der Waals surface area contributed by atoms with Gasteiger partial charge in [0.15, 0.2) is 0 Å². The third-order valence-corrected chi connectivity index (χ3v) is 3.95. The van der Waals surface area contributed by atoms with Crippen molar-refractivity contribution in [1.82, 2.24) is 5.32 Å². The minimum atomic E-state index is -2.39. The molecule has 0 saturated carbocycles. The molecule has 0 aromatic heterocycles. The Balaban J connectivity index is 2.18. The van der Waals surface area contributed by atoms with Gasteiger partial charge in [-0.3, -0.25) is 0 Å². The van der Waals surface area contributed by atoms with Crippen LogP contribution < -0.4 is 10.1 Å². The van der Waals surface area contributed by atoms with Crippen molar-refractivity contribution in [3.05, 3.63) is 65.0 Å². The number of amides is 1. The predicted octanol–water partition coefficient (Wildman–Crippen LogP) is 4.63. The fourth-order valence-corrected chi connectivity index (χ4v) is 2.35. The minimum absolute atomic E-state index is 0.129. The zero-order valence-electron chi connectivity index (χ0n) is 16.2. The second-order valence-corrected chi connectivity index (χ2v) is 7.33. The van der Waals surface area contributed by atoms with Crippen LogP contribution >= 0.6 is 0 Å². The van der Waals surface area contributed by atoms with Gasteiger partial charge in [0.2, 0.25) is 34.8 Å². The van der Waals surface area contributed by atoms with Crippen LogP contribution in [0, 0.1) is 34.5 Å². The summed E-state index contributed by atoms with van der Waals surface area (Å²) in [6, 6.07) is 7.04. The zero-order chi connectivity index (χ0) is 22.6. The SMILES string of the molecule is CC(C)(C)[C@H](NC(=O)OCc1ccccc1)C(=O)Oc1c(F)c(F)c(F)c(F)c1F. The summed E-state index contributed by atoms with van der Waals surface area (Å²) in [6.07, 6.45) is -1.05. The lowest BCUT2D eigenvalue weighted by atomic mass is 9.87. The first kappa shape index (κ1) is 23.1. The third-order valence-electron chi connectivity index (χ3n) is 3.95. The van der Waals surface area contributed by atoms with E-state index in [-0.39, 0.29) is 6.61 Å². The molecule has 1 atom stereocenters. The van der Waals surface area contributed by atoms with E-state index in [1.165, 1.54) is 20.8 Å². The summed E-state index contributed by atoms with van der Waals surface area (Å²) < 4.78 is 76.8. The number of carbonyl (C=O) groups excluding carboxylic acids is 2. The zero-order valence-corrected chi connectivity index (χ0v) is 16.2. The van der Waals surface area contributed by atoms with Gasteiger partial charge in [-0.2, -0.15) is 8.78 Å². The molecule has 2 aromatic carbocycles. The number of benzene rings is 2. The molecule has 1 amide bonds. The van der Waals surface area contributed by atoms with Crippen molar-refractivity contribution in [3.63, 3.8) is 0 Å². The Hall–Kier alpha value is -3.17. The van der Waals surface area contributed by atoms with Crippen LogP contribution in [0.2, 0.25) is 0 Å². The van der Waals surface area contributed by atoms with Gasteiger partial charge in [0.1, 0.15) is 12.6 Å². The molecule has 0 unspecified atom stereocenters. The Morgan fingerprint density at radius 3 is 1.90 bits per heavy atom. The summed E-state index contributed by atoms with van der Waals surface area (Å²) in [4.78, 5) is 24.5. The molecule has 162 valence electrons. The highest BCUT2D eigenvalue weighted by Gasteiger charge is 2.37. The van der Waals surface area contributed by atoms with E-state index in [4.69, 9.17) is 4.74 Å². The quantitative estimate of drug-likeness (QED) is 0.247. The Morgan fingerprint density at radius 1 is 0.900 bits per heavy atom. The van der Waals surface area contributed by atoms with Crippen molar-refractivity contribution in [2.75, 3.05) is 0 Å². The van der Waals surface area contributed by atoms with E-state index in [2.05, 4.69) is 10.1 Å². The smallest absolute Gasteiger partial charge is 0.408 e. The molecule has 0 aliphatic carbocycles.